The molecule has 2 rings (SSSR count). The minimum atomic E-state index is 0.168. The summed E-state index contributed by atoms with van der Waals surface area (Å²) in [5, 5.41) is 5.11. The van der Waals surface area contributed by atoms with Crippen LogP contribution in [0.4, 0.5) is 0 Å². The van der Waals surface area contributed by atoms with Crippen LogP contribution in [0.2, 0.25) is 10.0 Å². The predicted molar refractivity (Wildman–Crippen MR) is 92.3 cm³/mol. The van der Waals surface area contributed by atoms with Gasteiger partial charge in [-0.15, -0.1) is 0 Å². The number of likely N-dealkylation sites (tertiary alicyclic amines) is 1. The van der Waals surface area contributed by atoms with E-state index in [9.17, 15) is 0 Å². The molecule has 0 saturated carbocycles. The summed E-state index contributed by atoms with van der Waals surface area (Å²) in [5.74, 6) is 0. The number of nitrogens with zero attached hydrogens (tertiary/aromatic N) is 1. The first-order chi connectivity index (χ1) is 9.85. The molecule has 4 heteroatoms. The maximum atomic E-state index is 6.32. The number of benzene rings is 1. The first-order valence-electron chi connectivity index (χ1n) is 7.78. The van der Waals surface area contributed by atoms with Gasteiger partial charge in [0.1, 0.15) is 0 Å². The fraction of sp³-hybridized carbons (Fsp3) is 0.647. The van der Waals surface area contributed by atoms with Crippen LogP contribution < -0.4 is 5.32 Å². The minimum Gasteiger partial charge on any atom is -0.311 e. The van der Waals surface area contributed by atoms with Crippen LogP contribution in [0, 0.1) is 0 Å². The van der Waals surface area contributed by atoms with Gasteiger partial charge in [0.25, 0.3) is 0 Å². The highest BCUT2D eigenvalue weighted by Gasteiger charge is 2.24. The van der Waals surface area contributed by atoms with Crippen LogP contribution in [-0.4, -0.2) is 29.6 Å². The van der Waals surface area contributed by atoms with Crippen LogP contribution in [0.5, 0.6) is 0 Å². The van der Waals surface area contributed by atoms with Gasteiger partial charge in [0.2, 0.25) is 0 Å². The number of nitrogens with one attached hydrogen (secondary N) is 1. The van der Waals surface area contributed by atoms with Gasteiger partial charge < -0.3 is 5.32 Å². The van der Waals surface area contributed by atoms with Crippen molar-refractivity contribution in [3.05, 3.63) is 33.8 Å². The van der Waals surface area contributed by atoms with Crippen molar-refractivity contribution >= 4 is 23.2 Å². The second kappa shape index (κ2) is 7.32. The Labute approximate surface area is 138 Å². The van der Waals surface area contributed by atoms with Gasteiger partial charge >= 0.3 is 0 Å². The van der Waals surface area contributed by atoms with Crippen LogP contribution in [0.25, 0.3) is 0 Å². The maximum absolute atomic E-state index is 6.32. The van der Waals surface area contributed by atoms with Crippen molar-refractivity contribution in [3.63, 3.8) is 0 Å². The summed E-state index contributed by atoms with van der Waals surface area (Å²) >= 11 is 12.3. The largest absolute Gasteiger partial charge is 0.311 e. The summed E-state index contributed by atoms with van der Waals surface area (Å²) in [7, 11) is 0. The lowest BCUT2D eigenvalue weighted by molar-refractivity contribution is 0.131. The van der Waals surface area contributed by atoms with Gasteiger partial charge in [-0.25, -0.2) is 0 Å². The molecule has 1 aliphatic heterocycles. The van der Waals surface area contributed by atoms with E-state index in [1.807, 2.05) is 18.2 Å². The van der Waals surface area contributed by atoms with Gasteiger partial charge in [-0.2, -0.15) is 0 Å². The molecule has 0 amide bonds. The van der Waals surface area contributed by atoms with Crippen molar-refractivity contribution in [3.8, 4) is 0 Å². The Kier molecular flexibility index (Phi) is 5.96. The average molecular weight is 329 g/mol. The highest BCUT2D eigenvalue weighted by molar-refractivity contribution is 6.35. The van der Waals surface area contributed by atoms with E-state index in [1.54, 1.807) is 0 Å². The second-order valence-corrected chi connectivity index (χ2v) is 7.83. The highest BCUT2D eigenvalue weighted by atomic mass is 35.5. The number of rotatable bonds is 4. The maximum Gasteiger partial charge on any atom is 0.0465 e. The van der Waals surface area contributed by atoms with Crippen molar-refractivity contribution < 1.29 is 0 Å². The van der Waals surface area contributed by atoms with Crippen LogP contribution in [0.3, 0.4) is 0 Å². The molecule has 1 aromatic rings. The molecule has 0 aliphatic carbocycles. The molecule has 0 bridgehead atoms. The molecule has 0 aromatic heterocycles. The van der Waals surface area contributed by atoms with E-state index in [2.05, 4.69) is 31.0 Å². The van der Waals surface area contributed by atoms with E-state index in [4.69, 9.17) is 23.2 Å². The average Bonchev–Trinajstić information content (AvgIpc) is 2.40. The Morgan fingerprint density at radius 3 is 2.67 bits per heavy atom. The molecule has 1 saturated heterocycles. The van der Waals surface area contributed by atoms with Crippen LogP contribution >= 0.6 is 23.2 Å². The molecule has 1 aliphatic rings. The SMILES string of the molecule is CC(C)(C)NCC1CCCCN1Cc1ccc(Cl)cc1Cl. The molecule has 1 unspecified atom stereocenters. The Morgan fingerprint density at radius 1 is 1.24 bits per heavy atom. The van der Waals surface area contributed by atoms with Crippen molar-refractivity contribution in [2.75, 3.05) is 13.1 Å². The van der Waals surface area contributed by atoms with Gasteiger partial charge in [-0.3, -0.25) is 4.90 Å². The van der Waals surface area contributed by atoms with Crippen molar-refractivity contribution in [2.45, 2.75) is 58.2 Å². The first-order valence-corrected chi connectivity index (χ1v) is 8.54. The molecule has 0 radical (unpaired) electrons. The van der Waals surface area contributed by atoms with Crippen LogP contribution in [0.1, 0.15) is 45.6 Å². The summed E-state index contributed by atoms with van der Waals surface area (Å²) in [6, 6.07) is 6.40. The van der Waals surface area contributed by atoms with Gasteiger partial charge in [-0.05, 0) is 57.9 Å². The Bertz CT molecular complexity index is 468. The number of halogens is 2. The van der Waals surface area contributed by atoms with E-state index in [1.165, 1.54) is 24.8 Å². The first kappa shape index (κ1) is 17.1. The second-order valence-electron chi connectivity index (χ2n) is 6.99. The van der Waals surface area contributed by atoms with Gasteiger partial charge in [-0.1, -0.05) is 35.7 Å². The minimum absolute atomic E-state index is 0.168. The monoisotopic (exact) mass is 328 g/mol. The number of piperidine rings is 1. The molecular weight excluding hydrogens is 303 g/mol. The molecule has 1 N–H and O–H groups in total. The smallest absolute Gasteiger partial charge is 0.0465 e. The molecule has 2 nitrogen and oxygen atoms in total. The third kappa shape index (κ3) is 5.45. The van der Waals surface area contributed by atoms with Gasteiger partial charge in [0.05, 0.1) is 0 Å². The summed E-state index contributed by atoms with van der Waals surface area (Å²) < 4.78 is 0. The lowest BCUT2D eigenvalue weighted by atomic mass is 9.99. The highest BCUT2D eigenvalue weighted by Crippen LogP contribution is 2.25. The van der Waals surface area contributed by atoms with E-state index in [0.717, 1.165) is 24.7 Å². The molecule has 1 heterocycles. The van der Waals surface area contributed by atoms with Crippen molar-refractivity contribution in [1.29, 1.82) is 0 Å². The molecule has 1 fully saturated rings. The normalized spacial score (nSPS) is 20.7. The molecule has 1 aromatic carbocycles. The third-order valence-corrected chi connectivity index (χ3v) is 4.59. The number of hydrogen-bond acceptors (Lipinski definition) is 2. The fourth-order valence-electron chi connectivity index (χ4n) is 2.79. The van der Waals surface area contributed by atoms with Crippen LogP contribution in [-0.2, 0) is 6.54 Å². The van der Waals surface area contributed by atoms with Crippen molar-refractivity contribution in [2.24, 2.45) is 0 Å². The summed E-state index contributed by atoms with van der Waals surface area (Å²) in [4.78, 5) is 2.55. The van der Waals surface area contributed by atoms with Crippen LogP contribution in [0.15, 0.2) is 18.2 Å². The zero-order chi connectivity index (χ0) is 15.5. The number of hydrogen-bond donors (Lipinski definition) is 1. The summed E-state index contributed by atoms with van der Waals surface area (Å²) in [6.45, 7) is 9.75. The molecule has 1 atom stereocenters. The lowest BCUT2D eigenvalue weighted by Gasteiger charge is -2.37. The third-order valence-electron chi connectivity index (χ3n) is 4.01. The molecular formula is C17H26Cl2N2. The Balaban J connectivity index is 2.01. The standard InChI is InChI=1S/C17H26Cl2N2/c1-17(2,3)20-11-15-6-4-5-9-21(15)12-13-7-8-14(18)10-16(13)19/h7-8,10,15,20H,4-6,9,11-12H2,1-3H3. The lowest BCUT2D eigenvalue weighted by Crippen LogP contribution is -2.49. The zero-order valence-electron chi connectivity index (χ0n) is 13.3. The fourth-order valence-corrected chi connectivity index (χ4v) is 3.26. The van der Waals surface area contributed by atoms with Crippen molar-refractivity contribution in [1.82, 2.24) is 10.2 Å². The van der Waals surface area contributed by atoms with E-state index in [-0.39, 0.29) is 5.54 Å². The summed E-state index contributed by atoms with van der Waals surface area (Å²) in [6.07, 6.45) is 3.85. The summed E-state index contributed by atoms with van der Waals surface area (Å²) in [5.41, 5.74) is 1.34. The topological polar surface area (TPSA) is 15.3 Å². The molecule has 0 spiro atoms. The van der Waals surface area contributed by atoms with Gasteiger partial charge in [0, 0.05) is 34.7 Å². The quantitative estimate of drug-likeness (QED) is 0.859. The zero-order valence-corrected chi connectivity index (χ0v) is 14.8. The molecule has 21 heavy (non-hydrogen) atoms. The van der Waals surface area contributed by atoms with E-state index >= 15 is 0 Å². The van der Waals surface area contributed by atoms with E-state index < -0.39 is 0 Å². The predicted octanol–water partition coefficient (Wildman–Crippen LogP) is 4.74. The molecule has 118 valence electrons. The van der Waals surface area contributed by atoms with E-state index in [0.29, 0.717) is 11.1 Å². The van der Waals surface area contributed by atoms with Gasteiger partial charge in [0.15, 0.2) is 0 Å². The Morgan fingerprint density at radius 2 is 2.00 bits per heavy atom. The Hall–Kier alpha value is -0.280.